The third-order valence-electron chi connectivity index (χ3n) is 21.8. The first-order valence-electron chi connectivity index (χ1n) is 40.7. The van der Waals surface area contributed by atoms with Crippen LogP contribution >= 0.6 is 39.6 Å². The SMILES string of the molecule is COc1ccc(C(OC[C@@H]2O[C@@H](n3cnc4c(NC(=O)c5ccccc5)ncnc43)C[C@H]2c2ccc(Cl)c(C)c2[C@H]2O[C@@H](n3cnc4c(=O)[nH]c(NC(=O)C(C)C)nc43)C[C@@H]2OP(=O)(OC[C@H]2O[C@@H](n3cnc4c(=O)[nH]c(NC(=O)C(C)C)nc43)C[C@@H]2OP(OCCC#N)N(C(C)C)C(C)C)Oc2ccccc2Cl)(c2ccccc2)c2ccc(OC)cc2)cc1. The number of aromatic nitrogens is 12. The van der Waals surface area contributed by atoms with Crippen molar-refractivity contribution in [3.63, 3.8) is 0 Å². The monoisotopic (exact) mass is 1780 g/mol. The average Bonchev–Trinajstić information content (AvgIpc) is 1.62. The van der Waals surface area contributed by atoms with Gasteiger partial charge in [0.15, 0.2) is 39.3 Å². The van der Waals surface area contributed by atoms with E-state index in [1.165, 1.54) is 40.2 Å². The molecular formula is C87H93Cl2N17O17P2. The number of nitrogens with zero attached hydrogens (tertiary/aromatic N) is 12. The van der Waals surface area contributed by atoms with Gasteiger partial charge in [0.1, 0.15) is 66.2 Å². The van der Waals surface area contributed by atoms with Crippen LogP contribution in [0.2, 0.25) is 10.0 Å². The number of benzene rings is 6. The molecule has 0 radical (unpaired) electrons. The molecule has 0 spiro atoms. The molecule has 3 amide bonds. The topological polar surface area (TPSA) is 404 Å². The van der Waals surface area contributed by atoms with Gasteiger partial charge in [0.05, 0.1) is 82.7 Å². The highest BCUT2D eigenvalue weighted by molar-refractivity contribution is 7.49. The number of halogens is 2. The summed E-state index contributed by atoms with van der Waals surface area (Å²) >= 11 is 14.5. The fraction of sp³-hybridized carbons (Fsp3) is 0.368. The molecular weight excluding hydrogens is 1690 g/mol. The Morgan fingerprint density at radius 3 is 1.74 bits per heavy atom. The summed E-state index contributed by atoms with van der Waals surface area (Å²) in [7, 11) is -4.13. The zero-order valence-electron chi connectivity index (χ0n) is 70.1. The largest absolute Gasteiger partial charge is 0.530 e. The maximum Gasteiger partial charge on any atom is 0.530 e. The number of methoxy groups -OCH3 is 2. The fourth-order valence-electron chi connectivity index (χ4n) is 15.7. The lowest BCUT2D eigenvalue weighted by Crippen LogP contribution is -2.37. The third-order valence-corrected chi connectivity index (χ3v) is 26.1. The summed E-state index contributed by atoms with van der Waals surface area (Å²) in [5, 5.41) is 18.4. The zero-order chi connectivity index (χ0) is 88.1. The molecule has 125 heavy (non-hydrogen) atoms. The van der Waals surface area contributed by atoms with E-state index in [4.69, 9.17) is 89.2 Å². The van der Waals surface area contributed by atoms with E-state index >= 15 is 4.57 Å². The van der Waals surface area contributed by atoms with Crippen molar-refractivity contribution < 1.29 is 70.0 Å². The second-order valence-electron chi connectivity index (χ2n) is 31.3. The van der Waals surface area contributed by atoms with E-state index in [1.807, 2.05) is 130 Å². The number of H-pyrrole nitrogens is 2. The first-order chi connectivity index (χ1) is 60.2. The van der Waals surface area contributed by atoms with Crippen LogP contribution in [0, 0.1) is 30.1 Å². The Balaban J connectivity index is 0.872. The molecule has 6 aromatic carbocycles. The van der Waals surface area contributed by atoms with Crippen molar-refractivity contribution in [3.8, 4) is 23.3 Å². The van der Waals surface area contributed by atoms with Gasteiger partial charge in [-0.05, 0) is 123 Å². The van der Waals surface area contributed by atoms with Crippen molar-refractivity contribution in [1.82, 2.24) is 63.2 Å². The molecule has 9 heterocycles. The van der Waals surface area contributed by atoms with Crippen LogP contribution in [0.3, 0.4) is 0 Å². The van der Waals surface area contributed by atoms with Crippen molar-refractivity contribution in [1.29, 1.82) is 5.26 Å². The van der Waals surface area contributed by atoms with Crippen LogP contribution < -0.4 is 41.1 Å². The quantitative estimate of drug-likeness (QED) is 0.0142. The molecule has 2 unspecified atom stereocenters. The third kappa shape index (κ3) is 18.9. The number of carbonyl (C=O) groups excluding carboxylic acids is 3. The number of para-hydroxylation sites is 1. The molecule has 5 N–H and O–H groups in total. The molecule has 3 fully saturated rings. The van der Waals surface area contributed by atoms with Crippen molar-refractivity contribution >= 4 is 108 Å². The predicted octanol–water partition coefficient (Wildman–Crippen LogP) is 15.7. The molecule has 3 aliphatic rings. The Kier molecular flexibility index (Phi) is 27.1. The van der Waals surface area contributed by atoms with Gasteiger partial charge in [-0.1, -0.05) is 142 Å². The molecule has 0 bridgehead atoms. The maximum absolute atomic E-state index is 17.1. The number of fused-ring (bicyclic) bond motifs is 3. The van der Waals surface area contributed by atoms with Gasteiger partial charge in [-0.15, -0.1) is 0 Å². The molecule has 0 saturated carbocycles. The standard InChI is InChI=1S/C87H93Cl2N17O17P2/c1-48(2)80(107)99-85-97-78-73(83(110)101-85)94-46-104(78)69-40-64(121-124(116-38-20-37-90)106(50(5)6)51(7)8)67(119-69)43-117-125(112,122-63-26-19-18-25-62(63)89)123-65-41-70(105-47-95-74-79(105)98-86(102-84(74)111)100-81(108)49(3)4)120-75(65)71-52(9)61(88)36-35-59(71)60-39-68(103-45-93-72-76(91-44-92-77(72)103)96-82(109)53-21-14-12-15-22-53)118-66(60)42-115-87(54-23-16-13-17-24-54,55-27-31-57(113-10)32-28-55)56-29-33-58(114-11)34-30-56/h12-19,21-36,44-51,60,64-70,75H,20,38-43H2,1-11H3,(H,91,92,96,109)(H2,97,99,101,107,110)(H2,98,100,102,108,111)/t60-,64-,65-,66-,67+,68+,69+,70+,75-,124?,125?/m0/s1. The van der Waals surface area contributed by atoms with E-state index in [-0.39, 0.29) is 112 Å². The maximum atomic E-state index is 17.1. The van der Waals surface area contributed by atoms with Crippen LogP contribution in [0.1, 0.15) is 156 Å². The lowest BCUT2D eigenvalue weighted by Gasteiger charge is -2.37. The predicted molar refractivity (Wildman–Crippen MR) is 465 cm³/mol. The lowest BCUT2D eigenvalue weighted by molar-refractivity contribution is -0.119. The number of hydrogen-bond acceptors (Lipinski definition) is 26. The number of anilines is 3. The number of nitriles is 1. The molecule has 3 saturated heterocycles. The van der Waals surface area contributed by atoms with Crippen molar-refractivity contribution in [3.05, 3.63) is 241 Å². The second kappa shape index (κ2) is 38.3. The summed E-state index contributed by atoms with van der Waals surface area (Å²) in [6, 6.07) is 45.4. The van der Waals surface area contributed by atoms with Gasteiger partial charge in [-0.3, -0.25) is 67.3 Å². The summed E-state index contributed by atoms with van der Waals surface area (Å²) in [5.41, 5.74) is 1.73. The van der Waals surface area contributed by atoms with Gasteiger partial charge in [0.2, 0.25) is 23.7 Å². The zero-order valence-corrected chi connectivity index (χ0v) is 73.4. The van der Waals surface area contributed by atoms with Gasteiger partial charge in [-0.25, -0.2) is 34.2 Å². The number of amides is 3. The minimum absolute atomic E-state index is 0.00571. The molecule has 38 heteroatoms. The minimum atomic E-state index is -5.29. The number of phosphoric acid groups is 1. The number of aromatic amines is 2. The highest BCUT2D eigenvalue weighted by atomic mass is 35.5. The van der Waals surface area contributed by atoms with E-state index in [0.29, 0.717) is 39.4 Å². The molecule has 0 aliphatic carbocycles. The highest BCUT2D eigenvalue weighted by Crippen LogP contribution is 2.60. The highest BCUT2D eigenvalue weighted by Gasteiger charge is 2.52. The van der Waals surface area contributed by atoms with Gasteiger partial charge in [0.25, 0.3) is 25.6 Å². The fourth-order valence-corrected chi connectivity index (χ4v) is 19.2. The Morgan fingerprint density at radius 2 is 1.16 bits per heavy atom. The van der Waals surface area contributed by atoms with Crippen LogP contribution in [-0.4, -0.2) is 151 Å². The van der Waals surface area contributed by atoms with Crippen molar-refractivity contribution in [2.45, 2.75) is 161 Å². The summed E-state index contributed by atoms with van der Waals surface area (Å²) in [6.45, 7) is 15.7. The van der Waals surface area contributed by atoms with Gasteiger partial charge < -0.3 is 47.3 Å². The summed E-state index contributed by atoms with van der Waals surface area (Å²) < 4.78 is 99.3. The Labute approximate surface area is 729 Å². The molecule has 11 atom stereocenters. The minimum Gasteiger partial charge on any atom is -0.497 e. The van der Waals surface area contributed by atoms with Crippen LogP contribution in [0.15, 0.2) is 180 Å². The van der Waals surface area contributed by atoms with Crippen LogP contribution in [0.5, 0.6) is 17.2 Å². The molecule has 6 aromatic heterocycles. The second-order valence-corrected chi connectivity index (χ2v) is 35.1. The number of hydrogen-bond donors (Lipinski definition) is 5. The van der Waals surface area contributed by atoms with Gasteiger partial charge >= 0.3 is 7.82 Å². The Hall–Kier alpha value is -11.3. The van der Waals surface area contributed by atoms with Crippen molar-refractivity contribution in [2.24, 2.45) is 11.8 Å². The van der Waals surface area contributed by atoms with Crippen LogP contribution in [-0.2, 0) is 56.8 Å². The van der Waals surface area contributed by atoms with E-state index in [0.717, 1.165) is 16.7 Å². The lowest BCUT2D eigenvalue weighted by atomic mass is 9.79. The van der Waals surface area contributed by atoms with Crippen LogP contribution in [0.25, 0.3) is 33.5 Å². The van der Waals surface area contributed by atoms with E-state index in [9.17, 15) is 29.2 Å². The summed E-state index contributed by atoms with van der Waals surface area (Å²) in [4.78, 5) is 106. The molecule has 34 nitrogen and oxygen atoms in total. The van der Waals surface area contributed by atoms with E-state index in [1.54, 1.807) is 95.3 Å². The Morgan fingerprint density at radius 1 is 0.624 bits per heavy atom. The number of nitrogens with one attached hydrogen (secondary N) is 5. The van der Waals surface area contributed by atoms with Gasteiger partial charge in [-0.2, -0.15) is 15.2 Å². The normalized spacial score (nSPS) is 19.8. The smallest absolute Gasteiger partial charge is 0.497 e. The average molecular weight is 1780 g/mol. The number of ether oxygens (including phenoxy) is 6. The number of phosphoric ester groups is 1. The molecule has 12 aromatic rings. The summed E-state index contributed by atoms with van der Waals surface area (Å²) in [5.74, 6) is -2.13. The summed E-state index contributed by atoms with van der Waals surface area (Å²) in [6.07, 6.45) is -3.67. The molecule has 3 aliphatic heterocycles. The van der Waals surface area contributed by atoms with E-state index < -0.39 is 124 Å². The molecule has 15 rings (SSSR count). The number of carbonyl (C=O) groups is 3. The first-order valence-corrected chi connectivity index (χ1v) is 44.0. The van der Waals surface area contributed by atoms with Gasteiger partial charge in [0, 0.05) is 59.7 Å². The van der Waals surface area contributed by atoms with Crippen LogP contribution in [0.4, 0.5) is 17.7 Å². The van der Waals surface area contributed by atoms with Crippen molar-refractivity contribution in [2.75, 3.05) is 50.0 Å². The Bertz CT molecular complexity index is 6060. The first kappa shape index (κ1) is 88.6. The molecule has 652 valence electrons. The number of rotatable bonds is 34. The van der Waals surface area contributed by atoms with E-state index in [2.05, 4.69) is 51.9 Å². The number of imidazole rings is 3.